The summed E-state index contributed by atoms with van der Waals surface area (Å²) >= 11 is 4.13. The average molecular weight is 363 g/mol. The highest BCUT2D eigenvalue weighted by Crippen LogP contribution is 2.34. The highest BCUT2D eigenvalue weighted by molar-refractivity contribution is 7.80. The van der Waals surface area contributed by atoms with Crippen LogP contribution in [0.15, 0.2) is 42.6 Å². The lowest BCUT2D eigenvalue weighted by Crippen LogP contribution is -2.02. The van der Waals surface area contributed by atoms with Gasteiger partial charge >= 0.3 is 0 Å². The third-order valence-electron chi connectivity index (χ3n) is 3.90. The zero-order chi connectivity index (χ0) is 18.1. The van der Waals surface area contributed by atoms with Crippen LogP contribution in [0.2, 0.25) is 0 Å². The van der Waals surface area contributed by atoms with Gasteiger partial charge in [0.15, 0.2) is 11.4 Å². The van der Waals surface area contributed by atoms with Gasteiger partial charge in [-0.25, -0.2) is 9.83 Å². The van der Waals surface area contributed by atoms with Crippen LogP contribution in [0, 0.1) is 6.57 Å². The van der Waals surface area contributed by atoms with Crippen LogP contribution in [0.1, 0.15) is 0 Å². The number of hydrogen-bond acceptors (Lipinski definition) is 6. The van der Waals surface area contributed by atoms with E-state index in [9.17, 15) is 5.11 Å². The van der Waals surface area contributed by atoms with E-state index in [1.807, 2.05) is 6.07 Å². The minimum atomic E-state index is 0.0336. The molecule has 0 aliphatic rings. The van der Waals surface area contributed by atoms with Crippen molar-refractivity contribution in [1.29, 1.82) is 0 Å². The summed E-state index contributed by atoms with van der Waals surface area (Å²) in [5.74, 6) is 1.04. The van der Waals surface area contributed by atoms with Gasteiger partial charge in [0, 0.05) is 22.7 Å². The maximum Gasteiger partial charge on any atom is 0.221 e. The van der Waals surface area contributed by atoms with Crippen molar-refractivity contribution in [3.05, 3.63) is 54.0 Å². The predicted molar refractivity (Wildman–Crippen MR) is 101 cm³/mol. The highest BCUT2D eigenvalue weighted by Gasteiger charge is 2.14. The molecular weight excluding hydrogens is 350 g/mol. The Morgan fingerprint density at radius 1 is 1.12 bits per heavy atom. The minimum absolute atomic E-state index is 0.0336. The molecule has 8 heteroatoms. The fraction of sp³-hybridized carbons (Fsp3) is 0.111. The van der Waals surface area contributed by atoms with E-state index in [1.54, 1.807) is 36.5 Å². The number of pyridine rings is 1. The quantitative estimate of drug-likeness (QED) is 0.428. The van der Waals surface area contributed by atoms with E-state index in [2.05, 4.69) is 32.7 Å². The summed E-state index contributed by atoms with van der Waals surface area (Å²) in [7, 11) is 0. The van der Waals surface area contributed by atoms with E-state index in [4.69, 9.17) is 11.3 Å². The van der Waals surface area contributed by atoms with Gasteiger partial charge in [-0.05, 0) is 30.3 Å². The topological polar surface area (TPSA) is 77.4 Å². The number of aromatic hydroxyl groups is 1. The molecule has 0 unspecified atom stereocenters. The SMILES string of the molecule is [C-]#[N+]c1ccc2nn(-c3ccc4c(OCCS)nccc4c3O)nc2c1. The Balaban J connectivity index is 1.85. The van der Waals surface area contributed by atoms with Gasteiger partial charge in [0.1, 0.15) is 16.7 Å². The number of aromatic nitrogens is 4. The van der Waals surface area contributed by atoms with E-state index < -0.39 is 0 Å². The summed E-state index contributed by atoms with van der Waals surface area (Å²) in [6.07, 6.45) is 1.58. The van der Waals surface area contributed by atoms with Crippen molar-refractivity contribution in [2.24, 2.45) is 0 Å². The summed E-state index contributed by atoms with van der Waals surface area (Å²) in [4.78, 5) is 8.96. The molecule has 128 valence electrons. The fourth-order valence-corrected chi connectivity index (χ4v) is 2.79. The molecule has 2 aromatic heterocycles. The maximum absolute atomic E-state index is 10.7. The largest absolute Gasteiger partial charge is 0.505 e. The Hall–Kier alpha value is -3.31. The summed E-state index contributed by atoms with van der Waals surface area (Å²) in [5.41, 5.74) is 2.16. The number of hydrogen-bond donors (Lipinski definition) is 2. The lowest BCUT2D eigenvalue weighted by molar-refractivity contribution is 0.335. The van der Waals surface area contributed by atoms with Crippen LogP contribution in [-0.2, 0) is 0 Å². The molecule has 0 saturated heterocycles. The van der Waals surface area contributed by atoms with Gasteiger partial charge in [-0.2, -0.15) is 12.6 Å². The van der Waals surface area contributed by atoms with Crippen LogP contribution >= 0.6 is 12.6 Å². The number of rotatable bonds is 4. The van der Waals surface area contributed by atoms with Crippen molar-refractivity contribution >= 4 is 40.1 Å². The number of ether oxygens (including phenoxy) is 1. The smallest absolute Gasteiger partial charge is 0.221 e. The first kappa shape index (κ1) is 16.2. The number of fused-ring (bicyclic) bond motifs is 2. The molecule has 4 rings (SSSR count). The second-order valence-electron chi connectivity index (χ2n) is 5.49. The molecule has 0 amide bonds. The third-order valence-corrected chi connectivity index (χ3v) is 4.08. The first-order valence-electron chi connectivity index (χ1n) is 7.80. The Labute approximate surface area is 154 Å². The van der Waals surface area contributed by atoms with E-state index in [0.717, 1.165) is 0 Å². The standard InChI is InChI=1S/C18H13N5O2S/c1-19-11-2-4-14-15(10-11)22-23(21-14)16-5-3-13-12(17(16)24)6-7-20-18(13)25-8-9-26/h2-7,10,24,26H,8-9H2. The summed E-state index contributed by atoms with van der Waals surface area (Å²) in [6, 6.07) is 10.3. The van der Waals surface area contributed by atoms with Crippen LogP contribution < -0.4 is 4.74 Å². The van der Waals surface area contributed by atoms with Crippen molar-refractivity contribution < 1.29 is 9.84 Å². The second-order valence-corrected chi connectivity index (χ2v) is 5.94. The molecule has 0 spiro atoms. The van der Waals surface area contributed by atoms with Crippen LogP contribution in [-0.4, -0.2) is 37.4 Å². The third kappa shape index (κ3) is 2.68. The van der Waals surface area contributed by atoms with Gasteiger partial charge in [-0.15, -0.1) is 15.0 Å². The maximum atomic E-state index is 10.7. The normalized spacial score (nSPS) is 10.9. The minimum Gasteiger partial charge on any atom is -0.505 e. The number of nitrogens with zero attached hydrogens (tertiary/aromatic N) is 5. The molecule has 0 saturated carbocycles. The Morgan fingerprint density at radius 2 is 1.96 bits per heavy atom. The van der Waals surface area contributed by atoms with E-state index >= 15 is 0 Å². The van der Waals surface area contributed by atoms with Crippen LogP contribution in [0.25, 0.3) is 32.3 Å². The summed E-state index contributed by atoms with van der Waals surface area (Å²) in [6.45, 7) is 7.51. The molecule has 2 aromatic carbocycles. The van der Waals surface area contributed by atoms with Gasteiger partial charge in [-0.1, -0.05) is 6.07 Å². The second kappa shape index (κ2) is 6.54. The monoisotopic (exact) mass is 363 g/mol. The van der Waals surface area contributed by atoms with Gasteiger partial charge in [0.05, 0.1) is 13.2 Å². The van der Waals surface area contributed by atoms with Crippen LogP contribution in [0.4, 0.5) is 5.69 Å². The van der Waals surface area contributed by atoms with E-state index in [0.29, 0.717) is 51.4 Å². The lowest BCUT2D eigenvalue weighted by Gasteiger charge is -2.10. The highest BCUT2D eigenvalue weighted by atomic mass is 32.1. The molecule has 0 bridgehead atoms. The first-order chi connectivity index (χ1) is 12.7. The molecule has 0 fully saturated rings. The Bertz CT molecular complexity index is 1170. The number of thiol groups is 1. The van der Waals surface area contributed by atoms with Crippen LogP contribution in [0.3, 0.4) is 0 Å². The van der Waals surface area contributed by atoms with Gasteiger partial charge in [0.2, 0.25) is 5.88 Å². The van der Waals surface area contributed by atoms with Crippen molar-refractivity contribution in [2.45, 2.75) is 0 Å². The fourth-order valence-electron chi connectivity index (χ4n) is 2.70. The first-order valence-corrected chi connectivity index (χ1v) is 8.44. The predicted octanol–water partition coefficient (Wildman–Crippen LogP) is 3.53. The Kier molecular flexibility index (Phi) is 4.07. The molecule has 0 aliphatic carbocycles. The van der Waals surface area contributed by atoms with Crippen LogP contribution in [0.5, 0.6) is 11.6 Å². The molecule has 4 aromatic rings. The van der Waals surface area contributed by atoms with Crippen molar-refractivity contribution in [1.82, 2.24) is 20.0 Å². The molecule has 7 nitrogen and oxygen atoms in total. The van der Waals surface area contributed by atoms with Gasteiger partial charge < -0.3 is 9.84 Å². The lowest BCUT2D eigenvalue weighted by atomic mass is 10.1. The average Bonchev–Trinajstić information content (AvgIpc) is 3.09. The van der Waals surface area contributed by atoms with Gasteiger partial charge in [-0.3, -0.25) is 0 Å². The number of benzene rings is 2. The van der Waals surface area contributed by atoms with E-state index in [-0.39, 0.29) is 5.75 Å². The number of phenolic OH excluding ortho intramolecular Hbond substituents is 1. The summed E-state index contributed by atoms with van der Waals surface area (Å²) < 4.78 is 5.58. The molecule has 0 aliphatic heterocycles. The van der Waals surface area contributed by atoms with Crippen molar-refractivity contribution in [2.75, 3.05) is 12.4 Å². The number of phenols is 1. The molecule has 2 heterocycles. The molecule has 0 atom stereocenters. The van der Waals surface area contributed by atoms with Crippen molar-refractivity contribution in [3.63, 3.8) is 0 Å². The van der Waals surface area contributed by atoms with Crippen molar-refractivity contribution in [3.8, 4) is 17.3 Å². The molecule has 26 heavy (non-hydrogen) atoms. The Morgan fingerprint density at radius 3 is 2.77 bits per heavy atom. The van der Waals surface area contributed by atoms with Gasteiger partial charge in [0.25, 0.3) is 0 Å². The molecule has 0 radical (unpaired) electrons. The summed E-state index contributed by atoms with van der Waals surface area (Å²) in [5, 5.41) is 20.8. The zero-order valence-electron chi connectivity index (χ0n) is 13.5. The zero-order valence-corrected chi connectivity index (χ0v) is 14.4. The molecular formula is C18H13N5O2S. The van der Waals surface area contributed by atoms with E-state index in [1.165, 1.54) is 4.80 Å². The molecule has 1 N–H and O–H groups in total.